The number of aromatic nitrogens is 2. The van der Waals surface area contributed by atoms with Crippen molar-refractivity contribution in [2.24, 2.45) is 0 Å². The number of rotatable bonds is 9. The summed E-state index contributed by atoms with van der Waals surface area (Å²) < 4.78 is 12.8. The van der Waals surface area contributed by atoms with Gasteiger partial charge in [-0.05, 0) is 60.9 Å². The number of carbonyl (C=O) groups excluding carboxylic acids is 1. The van der Waals surface area contributed by atoms with Crippen LogP contribution in [0.25, 0.3) is 5.69 Å². The average molecular weight is 523 g/mol. The topological polar surface area (TPSA) is 59.8 Å². The SMILES string of the molecule is COc1ccc(CN2CCc3c(c(CN(C(=O)c4cccc(OC)c4)C4CC4)nn3-c3ccccc3)C2)cc1. The number of methoxy groups -OCH3 is 2. The monoisotopic (exact) mass is 522 g/mol. The molecule has 1 aliphatic heterocycles. The lowest BCUT2D eigenvalue weighted by Crippen LogP contribution is -2.34. The van der Waals surface area contributed by atoms with E-state index in [0.29, 0.717) is 17.9 Å². The highest BCUT2D eigenvalue weighted by Crippen LogP contribution is 2.33. The minimum Gasteiger partial charge on any atom is -0.497 e. The molecule has 2 heterocycles. The van der Waals surface area contributed by atoms with Crippen LogP contribution < -0.4 is 9.47 Å². The summed E-state index contributed by atoms with van der Waals surface area (Å²) in [6.07, 6.45) is 2.96. The normalized spacial score (nSPS) is 15.0. The Morgan fingerprint density at radius 2 is 1.72 bits per heavy atom. The molecule has 200 valence electrons. The molecule has 1 saturated carbocycles. The number of nitrogens with zero attached hydrogens (tertiary/aromatic N) is 4. The van der Waals surface area contributed by atoms with Gasteiger partial charge in [0.25, 0.3) is 5.91 Å². The Morgan fingerprint density at radius 1 is 0.949 bits per heavy atom. The number of hydrogen-bond acceptors (Lipinski definition) is 5. The van der Waals surface area contributed by atoms with Gasteiger partial charge in [-0.25, -0.2) is 4.68 Å². The van der Waals surface area contributed by atoms with Gasteiger partial charge in [0.15, 0.2) is 0 Å². The average Bonchev–Trinajstić information content (AvgIpc) is 3.78. The van der Waals surface area contributed by atoms with Gasteiger partial charge in [0.05, 0.1) is 37.8 Å². The molecule has 0 unspecified atom stereocenters. The van der Waals surface area contributed by atoms with Crippen molar-refractivity contribution in [3.8, 4) is 17.2 Å². The van der Waals surface area contributed by atoms with Gasteiger partial charge in [0.1, 0.15) is 11.5 Å². The van der Waals surface area contributed by atoms with Gasteiger partial charge in [0.2, 0.25) is 0 Å². The van der Waals surface area contributed by atoms with Crippen LogP contribution in [0.1, 0.15) is 45.7 Å². The maximum absolute atomic E-state index is 13.7. The van der Waals surface area contributed by atoms with Gasteiger partial charge < -0.3 is 14.4 Å². The molecule has 0 radical (unpaired) electrons. The minimum atomic E-state index is 0.0327. The summed E-state index contributed by atoms with van der Waals surface area (Å²) in [6, 6.07) is 26.3. The van der Waals surface area contributed by atoms with Crippen molar-refractivity contribution in [3.05, 3.63) is 107 Å². The summed E-state index contributed by atoms with van der Waals surface area (Å²) in [5, 5.41) is 5.14. The maximum atomic E-state index is 13.7. The molecular formula is C32H34N4O3. The largest absolute Gasteiger partial charge is 0.497 e. The zero-order chi connectivity index (χ0) is 26.8. The molecular weight excluding hydrogens is 488 g/mol. The van der Waals surface area contributed by atoms with Crippen molar-refractivity contribution in [3.63, 3.8) is 0 Å². The molecule has 0 saturated heterocycles. The highest BCUT2D eigenvalue weighted by atomic mass is 16.5. The Kier molecular flexibility index (Phi) is 7.07. The second kappa shape index (κ2) is 10.9. The number of hydrogen-bond donors (Lipinski definition) is 0. The zero-order valence-corrected chi connectivity index (χ0v) is 22.5. The van der Waals surface area contributed by atoms with Gasteiger partial charge in [0, 0.05) is 43.2 Å². The van der Waals surface area contributed by atoms with Crippen LogP contribution in [-0.4, -0.2) is 52.3 Å². The predicted octanol–water partition coefficient (Wildman–Crippen LogP) is 5.25. The number of benzene rings is 3. The zero-order valence-electron chi connectivity index (χ0n) is 22.5. The third kappa shape index (κ3) is 5.40. The first-order valence-electron chi connectivity index (χ1n) is 13.6. The Labute approximate surface area is 229 Å². The highest BCUT2D eigenvalue weighted by Gasteiger charge is 2.35. The van der Waals surface area contributed by atoms with Crippen molar-refractivity contribution < 1.29 is 14.3 Å². The Hall–Kier alpha value is -4.10. The lowest BCUT2D eigenvalue weighted by molar-refractivity contribution is 0.0726. The summed E-state index contributed by atoms with van der Waals surface area (Å²) in [5.74, 6) is 1.59. The molecule has 0 spiro atoms. The van der Waals surface area contributed by atoms with E-state index in [4.69, 9.17) is 14.6 Å². The number of carbonyl (C=O) groups is 1. The fourth-order valence-corrected chi connectivity index (χ4v) is 5.41. The molecule has 1 amide bonds. The van der Waals surface area contributed by atoms with E-state index in [9.17, 15) is 4.79 Å². The van der Waals surface area contributed by atoms with E-state index >= 15 is 0 Å². The quantitative estimate of drug-likeness (QED) is 0.300. The molecule has 39 heavy (non-hydrogen) atoms. The van der Waals surface area contributed by atoms with Crippen molar-refractivity contribution in [2.45, 2.75) is 44.9 Å². The third-order valence-electron chi connectivity index (χ3n) is 7.67. The van der Waals surface area contributed by atoms with Crippen molar-refractivity contribution >= 4 is 5.91 Å². The van der Waals surface area contributed by atoms with E-state index in [2.05, 4.69) is 33.8 Å². The first-order chi connectivity index (χ1) is 19.1. The lowest BCUT2D eigenvalue weighted by Gasteiger charge is -2.29. The van der Waals surface area contributed by atoms with Crippen molar-refractivity contribution in [2.75, 3.05) is 20.8 Å². The van der Waals surface area contributed by atoms with Crippen LogP contribution in [0.5, 0.6) is 11.5 Å². The van der Waals surface area contributed by atoms with Crippen LogP contribution in [0.3, 0.4) is 0 Å². The lowest BCUT2D eigenvalue weighted by atomic mass is 10.0. The Morgan fingerprint density at radius 3 is 2.44 bits per heavy atom. The number of ether oxygens (including phenoxy) is 2. The van der Waals surface area contributed by atoms with Gasteiger partial charge in [-0.2, -0.15) is 5.10 Å². The predicted molar refractivity (Wildman–Crippen MR) is 150 cm³/mol. The fourth-order valence-electron chi connectivity index (χ4n) is 5.41. The first kappa shape index (κ1) is 25.2. The van der Waals surface area contributed by atoms with Crippen LogP contribution in [-0.2, 0) is 26.1 Å². The smallest absolute Gasteiger partial charge is 0.254 e. The molecule has 0 atom stereocenters. The molecule has 0 bridgehead atoms. The molecule has 1 aromatic heterocycles. The Balaban J connectivity index is 1.31. The first-order valence-corrected chi connectivity index (χ1v) is 13.6. The van der Waals surface area contributed by atoms with Crippen LogP contribution in [0.4, 0.5) is 0 Å². The van der Waals surface area contributed by atoms with E-state index in [0.717, 1.165) is 56.0 Å². The molecule has 7 nitrogen and oxygen atoms in total. The molecule has 0 N–H and O–H groups in total. The molecule has 4 aromatic rings. The van der Waals surface area contributed by atoms with E-state index < -0.39 is 0 Å². The Bertz CT molecular complexity index is 1440. The summed E-state index contributed by atoms with van der Waals surface area (Å²) in [5.41, 5.74) is 6.43. The molecule has 7 heteroatoms. The van der Waals surface area contributed by atoms with Gasteiger partial charge in [-0.15, -0.1) is 0 Å². The number of amides is 1. The van der Waals surface area contributed by atoms with Crippen LogP contribution in [0, 0.1) is 0 Å². The van der Waals surface area contributed by atoms with Crippen LogP contribution >= 0.6 is 0 Å². The van der Waals surface area contributed by atoms with E-state index in [1.807, 2.05) is 59.5 Å². The molecule has 1 aliphatic carbocycles. The fraction of sp³-hybridized carbons (Fsp3) is 0.312. The molecule has 3 aromatic carbocycles. The second-order valence-electron chi connectivity index (χ2n) is 10.3. The standard InChI is InChI=1S/C32H34N4O3/c1-38-27-15-11-23(12-16-27)20-34-18-17-31-29(21-34)30(33-36(31)26-8-4-3-5-9-26)22-35(25-13-14-25)32(37)24-7-6-10-28(19-24)39-2/h3-12,15-16,19,25H,13-14,17-18,20-22H2,1-2H3. The molecule has 2 aliphatic rings. The van der Waals surface area contributed by atoms with Gasteiger partial charge in [-0.3, -0.25) is 9.69 Å². The summed E-state index contributed by atoms with van der Waals surface area (Å²) in [7, 11) is 3.32. The second-order valence-corrected chi connectivity index (χ2v) is 10.3. The highest BCUT2D eigenvalue weighted by molar-refractivity contribution is 5.95. The van der Waals surface area contributed by atoms with Gasteiger partial charge >= 0.3 is 0 Å². The summed E-state index contributed by atoms with van der Waals surface area (Å²) >= 11 is 0. The maximum Gasteiger partial charge on any atom is 0.254 e. The number of fused-ring (bicyclic) bond motifs is 1. The molecule has 1 fully saturated rings. The third-order valence-corrected chi connectivity index (χ3v) is 7.67. The van der Waals surface area contributed by atoms with Crippen LogP contribution in [0.15, 0.2) is 78.9 Å². The van der Waals surface area contributed by atoms with Crippen LogP contribution in [0.2, 0.25) is 0 Å². The van der Waals surface area contributed by atoms with Gasteiger partial charge in [-0.1, -0.05) is 36.4 Å². The molecule has 6 rings (SSSR count). The van der Waals surface area contributed by atoms with E-state index in [1.165, 1.54) is 16.8 Å². The van der Waals surface area contributed by atoms with E-state index in [-0.39, 0.29) is 11.9 Å². The van der Waals surface area contributed by atoms with Crippen molar-refractivity contribution in [1.29, 1.82) is 0 Å². The van der Waals surface area contributed by atoms with E-state index in [1.54, 1.807) is 14.2 Å². The minimum absolute atomic E-state index is 0.0327. The summed E-state index contributed by atoms with van der Waals surface area (Å²) in [6.45, 7) is 3.11. The number of para-hydroxylation sites is 1. The van der Waals surface area contributed by atoms with Crippen molar-refractivity contribution in [1.82, 2.24) is 19.6 Å². The summed E-state index contributed by atoms with van der Waals surface area (Å²) in [4.78, 5) is 18.2.